The number of nitrogens with zero attached hydrogens (tertiary/aromatic N) is 2. The molecule has 0 unspecified atom stereocenters. The maximum atomic E-state index is 12.5. The van der Waals surface area contributed by atoms with Crippen LogP contribution in [0.2, 0.25) is 0 Å². The van der Waals surface area contributed by atoms with Gasteiger partial charge in [0.05, 0.1) is 22.3 Å². The molecule has 26 heavy (non-hydrogen) atoms. The lowest BCUT2D eigenvalue weighted by Crippen LogP contribution is -2.21. The molecule has 2 aromatic heterocycles. The van der Waals surface area contributed by atoms with E-state index in [2.05, 4.69) is 20.8 Å². The molecule has 3 aromatic rings. The number of benzene rings is 1. The summed E-state index contributed by atoms with van der Waals surface area (Å²) in [7, 11) is 0. The Morgan fingerprint density at radius 3 is 2.73 bits per heavy atom. The Hall–Kier alpha value is -3.32. The van der Waals surface area contributed by atoms with Crippen LogP contribution in [0.3, 0.4) is 0 Å². The fourth-order valence-electron chi connectivity index (χ4n) is 2.28. The summed E-state index contributed by atoms with van der Waals surface area (Å²) in [4.78, 5) is 29.4. The first-order valence-corrected chi connectivity index (χ1v) is 8.71. The van der Waals surface area contributed by atoms with E-state index in [0.29, 0.717) is 16.1 Å². The smallest absolute Gasteiger partial charge is 0.273 e. The molecule has 0 atom stereocenters. The lowest BCUT2D eigenvalue weighted by Gasteiger charge is -2.12. The normalized spacial score (nSPS) is 10.7. The van der Waals surface area contributed by atoms with E-state index >= 15 is 0 Å². The molecule has 2 heterocycles. The van der Waals surface area contributed by atoms with Crippen molar-refractivity contribution in [2.24, 2.45) is 5.10 Å². The number of thiophene rings is 1. The number of carbonyl (C=O) groups excluding carboxylic acids is 2. The van der Waals surface area contributed by atoms with E-state index < -0.39 is 5.91 Å². The number of para-hydroxylation sites is 1. The number of pyridine rings is 1. The Kier molecular flexibility index (Phi) is 5.50. The van der Waals surface area contributed by atoms with Crippen molar-refractivity contribution in [3.05, 3.63) is 81.8 Å². The highest BCUT2D eigenvalue weighted by Gasteiger charge is 2.16. The zero-order valence-electron chi connectivity index (χ0n) is 14.0. The molecular formula is C19H16N4O2S. The maximum Gasteiger partial charge on any atom is 0.273 e. The summed E-state index contributed by atoms with van der Waals surface area (Å²) in [6.07, 6.45) is 4.80. The van der Waals surface area contributed by atoms with E-state index in [1.54, 1.807) is 42.7 Å². The largest absolute Gasteiger partial charge is 0.320 e. The highest BCUT2D eigenvalue weighted by molar-refractivity contribution is 7.12. The van der Waals surface area contributed by atoms with Crippen molar-refractivity contribution in [2.45, 2.75) is 6.92 Å². The van der Waals surface area contributed by atoms with Crippen LogP contribution in [-0.2, 0) is 0 Å². The Bertz CT molecular complexity index is 937. The lowest BCUT2D eigenvalue weighted by atomic mass is 10.1. The maximum absolute atomic E-state index is 12.5. The summed E-state index contributed by atoms with van der Waals surface area (Å²) in [6.45, 7) is 1.83. The van der Waals surface area contributed by atoms with Gasteiger partial charge in [-0.2, -0.15) is 5.10 Å². The third-order valence-corrected chi connectivity index (χ3v) is 4.43. The van der Waals surface area contributed by atoms with E-state index in [9.17, 15) is 9.59 Å². The van der Waals surface area contributed by atoms with E-state index in [0.717, 1.165) is 11.1 Å². The van der Waals surface area contributed by atoms with Crippen LogP contribution in [-0.4, -0.2) is 23.0 Å². The zero-order valence-corrected chi connectivity index (χ0v) is 14.8. The highest BCUT2D eigenvalue weighted by Crippen LogP contribution is 2.22. The number of nitrogens with one attached hydrogen (secondary N) is 2. The average molecular weight is 364 g/mol. The molecule has 0 aliphatic carbocycles. The van der Waals surface area contributed by atoms with E-state index in [4.69, 9.17) is 0 Å². The van der Waals surface area contributed by atoms with Crippen LogP contribution >= 0.6 is 11.3 Å². The van der Waals surface area contributed by atoms with Crippen molar-refractivity contribution < 1.29 is 9.59 Å². The summed E-state index contributed by atoms with van der Waals surface area (Å²) in [5.74, 6) is -0.655. The topological polar surface area (TPSA) is 83.4 Å². The molecule has 0 fully saturated rings. The molecular weight excluding hydrogens is 348 g/mol. The van der Waals surface area contributed by atoms with Crippen molar-refractivity contribution in [2.75, 3.05) is 5.32 Å². The molecule has 0 spiro atoms. The second-order valence-corrected chi connectivity index (χ2v) is 6.36. The van der Waals surface area contributed by atoms with Gasteiger partial charge in [-0.3, -0.25) is 14.6 Å². The number of anilines is 1. The predicted octanol–water partition coefficient (Wildman–Crippen LogP) is 3.47. The van der Waals surface area contributed by atoms with Gasteiger partial charge in [-0.1, -0.05) is 24.3 Å². The highest BCUT2D eigenvalue weighted by atomic mass is 32.1. The van der Waals surface area contributed by atoms with Gasteiger partial charge in [0.25, 0.3) is 11.8 Å². The molecule has 3 rings (SSSR count). The molecule has 130 valence electrons. The molecule has 0 aliphatic heterocycles. The Labute approximate surface area is 154 Å². The van der Waals surface area contributed by atoms with E-state index in [1.165, 1.54) is 17.6 Å². The third-order valence-electron chi connectivity index (χ3n) is 3.57. The second kappa shape index (κ2) is 8.17. The van der Waals surface area contributed by atoms with Crippen molar-refractivity contribution in [3.8, 4) is 0 Å². The predicted molar refractivity (Wildman–Crippen MR) is 103 cm³/mol. The molecule has 2 N–H and O–H groups in total. The van der Waals surface area contributed by atoms with Gasteiger partial charge < -0.3 is 5.32 Å². The van der Waals surface area contributed by atoms with Gasteiger partial charge in [0.2, 0.25) is 0 Å². The monoisotopic (exact) mass is 364 g/mol. The second-order valence-electron chi connectivity index (χ2n) is 5.41. The fourth-order valence-corrected chi connectivity index (χ4v) is 2.90. The number of rotatable bonds is 5. The van der Waals surface area contributed by atoms with Crippen LogP contribution in [0.25, 0.3) is 0 Å². The minimum atomic E-state index is -0.407. The first-order valence-electron chi connectivity index (χ1n) is 7.83. The van der Waals surface area contributed by atoms with Crippen LogP contribution < -0.4 is 10.7 Å². The summed E-state index contributed by atoms with van der Waals surface area (Å²) in [5.41, 5.74) is 4.85. The third kappa shape index (κ3) is 4.20. The molecule has 6 nitrogen and oxygen atoms in total. The Morgan fingerprint density at radius 2 is 2.00 bits per heavy atom. The van der Waals surface area contributed by atoms with Crippen molar-refractivity contribution in [1.29, 1.82) is 0 Å². The molecule has 0 radical (unpaired) electrons. The Balaban J connectivity index is 1.76. The number of hydrazone groups is 1. The van der Waals surface area contributed by atoms with Gasteiger partial charge in [-0.15, -0.1) is 11.3 Å². The first kappa shape index (κ1) is 17.5. The average Bonchev–Trinajstić information content (AvgIpc) is 3.19. The van der Waals surface area contributed by atoms with Crippen molar-refractivity contribution in [3.63, 3.8) is 0 Å². The van der Waals surface area contributed by atoms with Crippen molar-refractivity contribution >= 4 is 35.1 Å². The molecule has 0 bridgehead atoms. The fraction of sp³-hybridized carbons (Fsp3) is 0.0526. The first-order chi connectivity index (χ1) is 12.6. The summed E-state index contributed by atoms with van der Waals surface area (Å²) >= 11 is 1.34. The zero-order chi connectivity index (χ0) is 18.4. The molecule has 2 amide bonds. The molecule has 0 saturated heterocycles. The van der Waals surface area contributed by atoms with Gasteiger partial charge in [-0.25, -0.2) is 5.43 Å². The van der Waals surface area contributed by atoms with Crippen LogP contribution in [0, 0.1) is 6.92 Å². The lowest BCUT2D eigenvalue weighted by molar-refractivity contribution is 0.0956. The van der Waals surface area contributed by atoms with Crippen LogP contribution in [0.15, 0.2) is 65.3 Å². The SMILES string of the molecule is Cc1cccc(C(=O)N/N=C/c2cccnc2)c1NC(=O)c1cccs1. The number of amides is 2. The van der Waals surface area contributed by atoms with Gasteiger partial charge in [0.1, 0.15) is 0 Å². The van der Waals surface area contributed by atoms with Gasteiger partial charge in [0, 0.05) is 18.0 Å². The quantitative estimate of drug-likeness (QED) is 0.537. The summed E-state index contributed by atoms with van der Waals surface area (Å²) in [5, 5.41) is 8.59. The standard InChI is InChI=1S/C19H16N4O2S/c1-13-5-2-7-15(17(13)22-19(25)16-8-4-10-26-16)18(24)23-21-12-14-6-3-9-20-11-14/h2-12H,1H3,(H,22,25)(H,23,24)/b21-12+. The van der Waals surface area contributed by atoms with Crippen LogP contribution in [0.4, 0.5) is 5.69 Å². The van der Waals surface area contributed by atoms with Gasteiger partial charge >= 0.3 is 0 Å². The number of carbonyl (C=O) groups is 2. The number of hydrogen-bond donors (Lipinski definition) is 2. The molecule has 0 aliphatic rings. The van der Waals surface area contributed by atoms with E-state index in [1.807, 2.05) is 24.4 Å². The molecule has 7 heteroatoms. The summed E-state index contributed by atoms with van der Waals surface area (Å²) in [6, 6.07) is 12.4. The minimum absolute atomic E-state index is 0.248. The van der Waals surface area contributed by atoms with Gasteiger partial charge in [0.15, 0.2) is 0 Å². The minimum Gasteiger partial charge on any atom is -0.320 e. The summed E-state index contributed by atoms with van der Waals surface area (Å²) < 4.78 is 0. The number of hydrogen-bond acceptors (Lipinski definition) is 5. The van der Waals surface area contributed by atoms with Crippen LogP contribution in [0.1, 0.15) is 31.2 Å². The number of aryl methyl sites for hydroxylation is 1. The van der Waals surface area contributed by atoms with Crippen molar-refractivity contribution in [1.82, 2.24) is 10.4 Å². The Morgan fingerprint density at radius 1 is 1.12 bits per heavy atom. The van der Waals surface area contributed by atoms with Gasteiger partial charge in [-0.05, 0) is 36.1 Å². The van der Waals surface area contributed by atoms with Crippen LogP contribution in [0.5, 0.6) is 0 Å². The molecule has 1 aromatic carbocycles. The molecule has 0 saturated carbocycles. The van der Waals surface area contributed by atoms with E-state index in [-0.39, 0.29) is 5.91 Å². The number of aromatic nitrogens is 1.